The number of carbonyl (C=O) groups is 2. The van der Waals surface area contributed by atoms with E-state index in [4.69, 9.17) is 8.94 Å². The second-order valence-electron chi connectivity index (χ2n) is 6.67. The van der Waals surface area contributed by atoms with E-state index >= 15 is 0 Å². The first kappa shape index (κ1) is 18.2. The van der Waals surface area contributed by atoms with E-state index in [0.717, 1.165) is 10.6 Å². The average Bonchev–Trinajstić information content (AvgIpc) is 3.38. The maximum absolute atomic E-state index is 12.8. The van der Waals surface area contributed by atoms with E-state index in [9.17, 15) is 9.59 Å². The Bertz CT molecular complexity index is 992. The van der Waals surface area contributed by atoms with E-state index < -0.39 is 0 Å². The number of hydrogen-bond donors (Lipinski definition) is 2. The largest absolute Gasteiger partial charge is 0.461 e. The van der Waals surface area contributed by atoms with Gasteiger partial charge in [-0.05, 0) is 26.0 Å². The molecule has 0 aliphatic carbocycles. The summed E-state index contributed by atoms with van der Waals surface area (Å²) in [5.41, 5.74) is 1.14. The van der Waals surface area contributed by atoms with E-state index in [1.54, 1.807) is 23.1 Å². The fourth-order valence-electron chi connectivity index (χ4n) is 2.89. The molecule has 3 aromatic heterocycles. The van der Waals surface area contributed by atoms with Gasteiger partial charge in [0, 0.05) is 30.0 Å². The standard InChI is InChI=1S/C18H19N5O4S/c1-10(2)19-17(25)21-18-20-11-5-6-23(9-15(11)28-18)16(24)12-8-14(27-22-12)13-4-3-7-26-13/h3-4,7-8,10H,5-6,9H2,1-2H3,(H2,19,20,21,25). The third-order valence-electron chi connectivity index (χ3n) is 4.15. The van der Waals surface area contributed by atoms with Gasteiger partial charge in [0.2, 0.25) is 5.76 Å². The molecule has 4 heterocycles. The second-order valence-corrected chi connectivity index (χ2v) is 7.76. The quantitative estimate of drug-likeness (QED) is 0.694. The van der Waals surface area contributed by atoms with Crippen molar-refractivity contribution in [2.75, 3.05) is 11.9 Å². The van der Waals surface area contributed by atoms with Crippen molar-refractivity contribution in [1.82, 2.24) is 20.4 Å². The van der Waals surface area contributed by atoms with Crippen LogP contribution >= 0.6 is 11.3 Å². The number of nitrogens with one attached hydrogen (secondary N) is 2. The number of rotatable bonds is 4. The Morgan fingerprint density at radius 2 is 2.18 bits per heavy atom. The van der Waals surface area contributed by atoms with Crippen LogP contribution in [0.3, 0.4) is 0 Å². The van der Waals surface area contributed by atoms with Crippen molar-refractivity contribution in [1.29, 1.82) is 0 Å². The van der Waals surface area contributed by atoms with Gasteiger partial charge in [-0.1, -0.05) is 16.5 Å². The molecule has 4 rings (SSSR count). The van der Waals surface area contributed by atoms with Crippen molar-refractivity contribution in [2.24, 2.45) is 0 Å². The van der Waals surface area contributed by atoms with Crippen LogP contribution in [0.1, 0.15) is 34.9 Å². The van der Waals surface area contributed by atoms with Gasteiger partial charge in [0.15, 0.2) is 16.6 Å². The molecule has 0 unspecified atom stereocenters. The Kier molecular flexibility index (Phi) is 4.86. The van der Waals surface area contributed by atoms with Crippen LogP contribution < -0.4 is 10.6 Å². The molecular weight excluding hydrogens is 382 g/mol. The summed E-state index contributed by atoms with van der Waals surface area (Å²) >= 11 is 1.37. The smallest absolute Gasteiger partial charge is 0.321 e. The molecular formula is C18H19N5O4S. The van der Waals surface area contributed by atoms with E-state index in [2.05, 4.69) is 20.8 Å². The zero-order chi connectivity index (χ0) is 19.7. The van der Waals surface area contributed by atoms with Crippen LogP contribution in [0, 0.1) is 0 Å². The topological polar surface area (TPSA) is 114 Å². The van der Waals surface area contributed by atoms with Gasteiger partial charge >= 0.3 is 6.03 Å². The third kappa shape index (κ3) is 3.77. The van der Waals surface area contributed by atoms with E-state index in [1.807, 2.05) is 13.8 Å². The van der Waals surface area contributed by atoms with Crippen molar-refractivity contribution in [3.8, 4) is 11.5 Å². The molecule has 2 N–H and O–H groups in total. The predicted molar refractivity (Wildman–Crippen MR) is 102 cm³/mol. The van der Waals surface area contributed by atoms with Crippen LogP contribution in [-0.2, 0) is 13.0 Å². The number of nitrogens with zero attached hydrogens (tertiary/aromatic N) is 3. The van der Waals surface area contributed by atoms with Gasteiger partial charge < -0.3 is 19.2 Å². The summed E-state index contributed by atoms with van der Waals surface area (Å²) < 4.78 is 10.5. The van der Waals surface area contributed by atoms with E-state index in [1.165, 1.54) is 17.6 Å². The van der Waals surface area contributed by atoms with Gasteiger partial charge in [0.05, 0.1) is 18.5 Å². The lowest BCUT2D eigenvalue weighted by molar-refractivity contribution is 0.0725. The monoisotopic (exact) mass is 401 g/mol. The first-order valence-corrected chi connectivity index (χ1v) is 9.67. The number of urea groups is 1. The highest BCUT2D eigenvalue weighted by Gasteiger charge is 2.27. The summed E-state index contributed by atoms with van der Waals surface area (Å²) in [6, 6.07) is 4.80. The van der Waals surface area contributed by atoms with Gasteiger partial charge in [-0.25, -0.2) is 9.78 Å². The van der Waals surface area contributed by atoms with Crippen molar-refractivity contribution in [3.63, 3.8) is 0 Å². The lowest BCUT2D eigenvalue weighted by Crippen LogP contribution is -2.35. The summed E-state index contributed by atoms with van der Waals surface area (Å²) in [6.07, 6.45) is 2.15. The molecule has 0 saturated heterocycles. The first-order chi connectivity index (χ1) is 13.5. The Labute approximate surface area is 164 Å². The van der Waals surface area contributed by atoms with Crippen LogP contribution in [0.15, 0.2) is 33.4 Å². The average molecular weight is 401 g/mol. The molecule has 0 saturated carbocycles. The molecule has 0 radical (unpaired) electrons. The SMILES string of the molecule is CC(C)NC(=O)Nc1nc2c(s1)CN(C(=O)c1cc(-c3ccco3)on1)CC2. The fraction of sp³-hybridized carbons (Fsp3) is 0.333. The van der Waals surface area contributed by atoms with Crippen molar-refractivity contribution in [2.45, 2.75) is 32.9 Å². The Morgan fingerprint density at radius 3 is 2.93 bits per heavy atom. The number of carbonyl (C=O) groups excluding carboxylic acids is 2. The molecule has 0 aromatic carbocycles. The van der Waals surface area contributed by atoms with Crippen molar-refractivity contribution < 1.29 is 18.5 Å². The molecule has 0 bridgehead atoms. The van der Waals surface area contributed by atoms with E-state index in [0.29, 0.717) is 36.2 Å². The van der Waals surface area contributed by atoms with Gasteiger partial charge in [-0.3, -0.25) is 10.1 Å². The van der Waals surface area contributed by atoms with Gasteiger partial charge in [0.1, 0.15) is 0 Å². The molecule has 1 aliphatic rings. The van der Waals surface area contributed by atoms with Gasteiger partial charge in [-0.15, -0.1) is 0 Å². The Balaban J connectivity index is 1.44. The molecule has 10 heteroatoms. The minimum atomic E-state index is -0.290. The lowest BCUT2D eigenvalue weighted by atomic mass is 10.1. The van der Waals surface area contributed by atoms with Gasteiger partial charge in [0.25, 0.3) is 5.91 Å². The Hall–Kier alpha value is -3.14. The number of fused-ring (bicyclic) bond motifs is 1. The fourth-order valence-corrected chi connectivity index (χ4v) is 3.91. The summed E-state index contributed by atoms with van der Waals surface area (Å²) in [5.74, 6) is 0.712. The first-order valence-electron chi connectivity index (χ1n) is 8.85. The summed E-state index contributed by atoms with van der Waals surface area (Å²) in [5, 5.41) is 9.90. The number of hydrogen-bond acceptors (Lipinski definition) is 7. The van der Waals surface area contributed by atoms with Crippen LogP contribution in [0.25, 0.3) is 11.5 Å². The van der Waals surface area contributed by atoms with E-state index in [-0.39, 0.29) is 23.7 Å². The number of anilines is 1. The molecule has 146 valence electrons. The molecule has 0 fully saturated rings. The Morgan fingerprint density at radius 1 is 1.32 bits per heavy atom. The number of amides is 3. The number of aromatic nitrogens is 2. The zero-order valence-electron chi connectivity index (χ0n) is 15.4. The maximum atomic E-state index is 12.8. The molecule has 3 aromatic rings. The summed E-state index contributed by atoms with van der Waals surface area (Å²) in [6.45, 7) is 4.71. The molecule has 0 spiro atoms. The third-order valence-corrected chi connectivity index (χ3v) is 5.15. The normalized spacial score (nSPS) is 13.5. The van der Waals surface area contributed by atoms with Gasteiger partial charge in [-0.2, -0.15) is 0 Å². The van der Waals surface area contributed by atoms with Crippen molar-refractivity contribution in [3.05, 3.63) is 40.7 Å². The maximum Gasteiger partial charge on any atom is 0.321 e. The second kappa shape index (κ2) is 7.47. The lowest BCUT2D eigenvalue weighted by Gasteiger charge is -2.25. The highest BCUT2D eigenvalue weighted by molar-refractivity contribution is 7.15. The minimum Gasteiger partial charge on any atom is -0.461 e. The molecule has 9 nitrogen and oxygen atoms in total. The molecule has 28 heavy (non-hydrogen) atoms. The predicted octanol–water partition coefficient (Wildman–Crippen LogP) is 3.12. The molecule has 3 amide bonds. The van der Waals surface area contributed by atoms with Crippen LogP contribution in [-0.4, -0.2) is 39.6 Å². The highest BCUT2D eigenvalue weighted by Crippen LogP contribution is 2.29. The minimum absolute atomic E-state index is 0.0382. The van der Waals surface area contributed by atoms with Crippen molar-refractivity contribution >= 4 is 28.4 Å². The number of thiazole rings is 1. The molecule has 1 aliphatic heterocycles. The van der Waals surface area contributed by atoms with Crippen LogP contribution in [0.2, 0.25) is 0 Å². The van der Waals surface area contributed by atoms with Crippen LogP contribution in [0.4, 0.5) is 9.93 Å². The van der Waals surface area contributed by atoms with Crippen LogP contribution in [0.5, 0.6) is 0 Å². The number of furan rings is 1. The highest BCUT2D eigenvalue weighted by atomic mass is 32.1. The summed E-state index contributed by atoms with van der Waals surface area (Å²) in [4.78, 5) is 31.7. The molecule has 0 atom stereocenters. The summed E-state index contributed by atoms with van der Waals surface area (Å²) in [7, 11) is 0. The zero-order valence-corrected chi connectivity index (χ0v) is 16.2.